The topological polar surface area (TPSA) is 157 Å². The fourth-order valence-corrected chi connectivity index (χ4v) is 2.19. The third kappa shape index (κ3) is 18.3. The van der Waals surface area contributed by atoms with Crippen molar-refractivity contribution in [2.45, 2.75) is 105 Å². The SMILES string of the molecule is CC(C)(C)OC(=O)CN(NC(=O)OC(C)(C)C)C(CNNC(=O)OC(C)(C)C)=NC(=O)OC(C)(C)C. The van der Waals surface area contributed by atoms with E-state index in [2.05, 4.69) is 21.3 Å². The quantitative estimate of drug-likeness (QED) is 0.162. The lowest BCUT2D eigenvalue weighted by molar-refractivity contribution is -0.155. The Labute approximate surface area is 213 Å². The van der Waals surface area contributed by atoms with Gasteiger partial charge in [-0.1, -0.05) is 0 Å². The van der Waals surface area contributed by atoms with Gasteiger partial charge in [0.1, 0.15) is 34.8 Å². The van der Waals surface area contributed by atoms with Gasteiger partial charge < -0.3 is 18.9 Å². The second kappa shape index (κ2) is 12.7. The number of rotatable bonds is 5. The summed E-state index contributed by atoms with van der Waals surface area (Å²) in [5.41, 5.74) is 3.97. The monoisotopic (exact) mass is 517 g/mol. The molecule has 0 aliphatic carbocycles. The summed E-state index contributed by atoms with van der Waals surface area (Å²) in [6.07, 6.45) is -2.70. The van der Waals surface area contributed by atoms with E-state index in [9.17, 15) is 19.2 Å². The molecule has 0 atom stereocenters. The van der Waals surface area contributed by atoms with Gasteiger partial charge in [0.25, 0.3) is 0 Å². The molecule has 0 aliphatic heterocycles. The van der Waals surface area contributed by atoms with Crippen molar-refractivity contribution in [2.75, 3.05) is 13.1 Å². The van der Waals surface area contributed by atoms with Crippen LogP contribution in [0.3, 0.4) is 0 Å². The number of amidine groups is 1. The van der Waals surface area contributed by atoms with Crippen LogP contribution >= 0.6 is 0 Å². The van der Waals surface area contributed by atoms with Gasteiger partial charge in [-0.25, -0.2) is 25.2 Å². The van der Waals surface area contributed by atoms with Crippen LogP contribution in [-0.4, -0.2) is 70.6 Å². The maximum atomic E-state index is 12.6. The fraction of sp³-hybridized carbons (Fsp3) is 0.783. The van der Waals surface area contributed by atoms with Crippen LogP contribution in [0.15, 0.2) is 4.99 Å². The van der Waals surface area contributed by atoms with Gasteiger partial charge >= 0.3 is 24.2 Å². The normalized spacial score (nSPS) is 12.8. The van der Waals surface area contributed by atoms with Crippen molar-refractivity contribution in [1.82, 2.24) is 21.3 Å². The minimum atomic E-state index is -0.989. The molecule has 0 heterocycles. The molecule has 0 fully saturated rings. The Morgan fingerprint density at radius 2 is 1.11 bits per heavy atom. The van der Waals surface area contributed by atoms with Gasteiger partial charge in [0.15, 0.2) is 0 Å². The molecule has 36 heavy (non-hydrogen) atoms. The number of hydrogen-bond donors (Lipinski definition) is 3. The molecule has 3 amide bonds. The van der Waals surface area contributed by atoms with Crippen molar-refractivity contribution in [3.63, 3.8) is 0 Å². The summed E-state index contributed by atoms with van der Waals surface area (Å²) in [5.74, 6) is -0.910. The van der Waals surface area contributed by atoms with E-state index in [1.807, 2.05) is 0 Å². The number of amides is 3. The standard InChI is InChI=1S/C23H43N5O8/c1-20(2,3)33-16(29)14-28(27-19(32)36-23(10,11)12)15(25-17(30)34-21(4,5)6)13-24-26-18(31)35-22(7,8)9/h24H,13-14H2,1-12H3,(H,26,31)(H,27,32). The van der Waals surface area contributed by atoms with Crippen LogP contribution in [0.5, 0.6) is 0 Å². The zero-order chi connectivity index (χ0) is 28.5. The Hall–Kier alpha value is -3.09. The summed E-state index contributed by atoms with van der Waals surface area (Å²) in [6.45, 7) is 19.2. The first-order chi connectivity index (χ1) is 16.0. The van der Waals surface area contributed by atoms with Crippen molar-refractivity contribution >= 4 is 30.1 Å². The summed E-state index contributed by atoms with van der Waals surface area (Å²) in [7, 11) is 0. The Kier molecular flexibility index (Phi) is 11.7. The summed E-state index contributed by atoms with van der Waals surface area (Å²) in [5, 5.41) is 0.968. The van der Waals surface area contributed by atoms with E-state index in [-0.39, 0.29) is 12.4 Å². The lowest BCUT2D eigenvalue weighted by atomic mass is 10.2. The van der Waals surface area contributed by atoms with Crippen molar-refractivity contribution in [2.24, 2.45) is 4.99 Å². The largest absolute Gasteiger partial charge is 0.459 e. The van der Waals surface area contributed by atoms with Crippen LogP contribution in [0.4, 0.5) is 14.4 Å². The van der Waals surface area contributed by atoms with Gasteiger partial charge in [-0.05, 0) is 83.1 Å². The molecule has 0 aromatic carbocycles. The van der Waals surface area contributed by atoms with E-state index in [0.29, 0.717) is 0 Å². The van der Waals surface area contributed by atoms with Crippen LogP contribution in [0.1, 0.15) is 83.1 Å². The van der Waals surface area contributed by atoms with Gasteiger partial charge in [-0.3, -0.25) is 15.2 Å². The molecule has 0 aromatic heterocycles. The van der Waals surface area contributed by atoms with Crippen molar-refractivity contribution in [3.8, 4) is 0 Å². The minimum Gasteiger partial charge on any atom is -0.459 e. The summed E-state index contributed by atoms with van der Waals surface area (Å²) >= 11 is 0. The van der Waals surface area contributed by atoms with E-state index in [1.54, 1.807) is 83.1 Å². The number of ether oxygens (including phenoxy) is 4. The molecular formula is C23H43N5O8. The highest BCUT2D eigenvalue weighted by Crippen LogP contribution is 2.11. The number of nitrogens with one attached hydrogen (secondary N) is 3. The molecule has 208 valence electrons. The van der Waals surface area contributed by atoms with E-state index in [1.165, 1.54) is 0 Å². The van der Waals surface area contributed by atoms with Crippen LogP contribution < -0.4 is 16.3 Å². The molecule has 0 radical (unpaired) electrons. The molecule has 0 rings (SSSR count). The number of carbonyl (C=O) groups is 4. The average Bonchev–Trinajstić information content (AvgIpc) is 2.53. The summed E-state index contributed by atoms with van der Waals surface area (Å²) in [6, 6.07) is 0. The molecule has 13 nitrogen and oxygen atoms in total. The van der Waals surface area contributed by atoms with Crippen LogP contribution in [0, 0.1) is 0 Å². The first kappa shape index (κ1) is 32.9. The minimum absolute atomic E-state index is 0.183. The van der Waals surface area contributed by atoms with Crippen molar-refractivity contribution in [3.05, 3.63) is 0 Å². The molecule has 0 aromatic rings. The van der Waals surface area contributed by atoms with E-state index in [4.69, 9.17) is 18.9 Å². The summed E-state index contributed by atoms with van der Waals surface area (Å²) in [4.78, 5) is 53.4. The number of esters is 1. The second-order valence-electron chi connectivity index (χ2n) is 11.8. The number of nitrogens with zero attached hydrogens (tertiary/aromatic N) is 2. The molecule has 0 saturated carbocycles. The van der Waals surface area contributed by atoms with Crippen LogP contribution in [0.2, 0.25) is 0 Å². The summed E-state index contributed by atoms with van der Waals surface area (Å²) < 4.78 is 21.0. The maximum Gasteiger partial charge on any atom is 0.435 e. The second-order valence-corrected chi connectivity index (χ2v) is 11.8. The van der Waals surface area contributed by atoms with E-state index >= 15 is 0 Å². The van der Waals surface area contributed by atoms with Crippen LogP contribution in [0.25, 0.3) is 0 Å². The highest BCUT2D eigenvalue weighted by molar-refractivity contribution is 5.95. The molecule has 3 N–H and O–H groups in total. The highest BCUT2D eigenvalue weighted by atomic mass is 16.6. The Bertz CT molecular complexity index is 784. The zero-order valence-electron chi connectivity index (χ0n) is 23.6. The molecule has 0 aliphatic rings. The maximum absolute atomic E-state index is 12.6. The van der Waals surface area contributed by atoms with E-state index < -0.39 is 53.2 Å². The average molecular weight is 518 g/mol. The van der Waals surface area contributed by atoms with Crippen molar-refractivity contribution < 1.29 is 38.1 Å². The molecule has 0 unspecified atom stereocenters. The van der Waals surface area contributed by atoms with Gasteiger partial charge in [0, 0.05) is 0 Å². The number of hydrazine groups is 2. The third-order valence-electron chi connectivity index (χ3n) is 3.09. The predicted molar refractivity (Wildman–Crippen MR) is 133 cm³/mol. The molecule has 0 saturated heterocycles. The molecule has 0 bridgehead atoms. The molecule has 0 spiro atoms. The Morgan fingerprint density at radius 3 is 1.56 bits per heavy atom. The Balaban J connectivity index is 5.98. The molecular weight excluding hydrogens is 474 g/mol. The van der Waals surface area contributed by atoms with Crippen LogP contribution in [-0.2, 0) is 23.7 Å². The first-order valence-electron chi connectivity index (χ1n) is 11.5. The van der Waals surface area contributed by atoms with Gasteiger partial charge in [-0.15, -0.1) is 0 Å². The third-order valence-corrected chi connectivity index (χ3v) is 3.09. The molecule has 13 heteroatoms. The van der Waals surface area contributed by atoms with E-state index in [0.717, 1.165) is 5.01 Å². The van der Waals surface area contributed by atoms with Gasteiger partial charge in [0.05, 0.1) is 6.54 Å². The predicted octanol–water partition coefficient (Wildman–Crippen LogP) is 3.43. The lowest BCUT2D eigenvalue weighted by Crippen LogP contribution is -2.55. The highest BCUT2D eigenvalue weighted by Gasteiger charge is 2.27. The zero-order valence-corrected chi connectivity index (χ0v) is 23.6. The van der Waals surface area contributed by atoms with Gasteiger partial charge in [0.2, 0.25) is 0 Å². The lowest BCUT2D eigenvalue weighted by Gasteiger charge is -2.29. The fourth-order valence-electron chi connectivity index (χ4n) is 2.19. The number of hydrogen-bond acceptors (Lipinski definition) is 9. The van der Waals surface area contributed by atoms with Crippen molar-refractivity contribution in [1.29, 1.82) is 0 Å². The van der Waals surface area contributed by atoms with Gasteiger partial charge in [-0.2, -0.15) is 4.99 Å². The Morgan fingerprint density at radius 1 is 0.667 bits per heavy atom. The number of aliphatic imine (C=N–C) groups is 1. The number of carbonyl (C=O) groups excluding carboxylic acids is 4. The first-order valence-corrected chi connectivity index (χ1v) is 11.5. The smallest absolute Gasteiger partial charge is 0.435 e.